The van der Waals surface area contributed by atoms with Crippen molar-refractivity contribution >= 4 is 42.4 Å². The molecule has 1 aliphatic carbocycles. The van der Waals surface area contributed by atoms with Crippen molar-refractivity contribution in [3.63, 3.8) is 0 Å². The Morgan fingerprint density at radius 3 is 1.59 bits per heavy atom. The lowest BCUT2D eigenvalue weighted by molar-refractivity contribution is 0.0458. The Hall–Kier alpha value is -4.28. The van der Waals surface area contributed by atoms with E-state index in [0.29, 0.717) is 11.1 Å². The number of hydrogen-bond acceptors (Lipinski definition) is 7. The monoisotopic (exact) mass is 714 g/mol. The summed E-state index contributed by atoms with van der Waals surface area (Å²) in [6.45, 7) is 17.6. The van der Waals surface area contributed by atoms with E-state index >= 15 is 0 Å². The van der Waals surface area contributed by atoms with E-state index in [1.54, 1.807) is 65.8 Å². The molecule has 9 nitrogen and oxygen atoms in total. The number of carbonyl (C=O) groups excluding carboxylic acids is 4. The standard InChI is InChI=1S/C41H54N2O7Si/c1-39(2,3)49-37(46)42-26-28(27-48-51(41(7,8)9,30-18-12-10-13-19-30)31-20-14-11-15-21-31)24-29(43-38(47)50-40(4,5)6)25-34-35(44)32-22-16-17-23-33(32)36(34)45/h10-23,28-29,34H,24-27H2,1-9H3,(H,42,46)(H,43,47)/t28?,29-/m1/s1. The molecule has 10 heteroatoms. The first-order valence-electron chi connectivity index (χ1n) is 17.7. The van der Waals surface area contributed by atoms with Crippen molar-refractivity contribution in [3.05, 3.63) is 96.1 Å². The van der Waals surface area contributed by atoms with Crippen LogP contribution < -0.4 is 21.0 Å². The van der Waals surface area contributed by atoms with Crippen LogP contribution in [0.4, 0.5) is 9.59 Å². The normalized spacial score (nSPS) is 15.2. The summed E-state index contributed by atoms with van der Waals surface area (Å²) in [4.78, 5) is 53.2. The van der Waals surface area contributed by atoms with Gasteiger partial charge in [-0.1, -0.05) is 106 Å². The van der Waals surface area contributed by atoms with Crippen molar-refractivity contribution in [2.45, 2.75) is 97.4 Å². The fraction of sp³-hybridized carbons (Fsp3) is 0.463. The number of alkyl carbamates (subject to hydrolysis) is 2. The summed E-state index contributed by atoms with van der Waals surface area (Å²) in [6.07, 6.45) is -0.894. The highest BCUT2D eigenvalue weighted by Gasteiger charge is 2.50. The average molecular weight is 715 g/mol. The first-order chi connectivity index (χ1) is 23.8. The van der Waals surface area contributed by atoms with E-state index in [1.807, 2.05) is 36.4 Å². The Bertz CT molecular complexity index is 1600. The van der Waals surface area contributed by atoms with Crippen LogP contribution in [0, 0.1) is 11.8 Å². The molecular formula is C41H54N2O7Si. The highest BCUT2D eigenvalue weighted by atomic mass is 28.4. The van der Waals surface area contributed by atoms with Crippen LogP contribution in [-0.4, -0.2) is 62.5 Å². The number of Topliss-reactive ketones (excluding diaryl/α,β-unsaturated/α-hetero) is 2. The smallest absolute Gasteiger partial charge is 0.407 e. The second kappa shape index (κ2) is 15.9. The van der Waals surface area contributed by atoms with Gasteiger partial charge in [0.1, 0.15) is 11.2 Å². The lowest BCUT2D eigenvalue weighted by Gasteiger charge is -2.44. The maximum absolute atomic E-state index is 13.5. The summed E-state index contributed by atoms with van der Waals surface area (Å²) < 4.78 is 18.5. The molecule has 3 aromatic rings. The van der Waals surface area contributed by atoms with Gasteiger partial charge in [-0.2, -0.15) is 0 Å². The summed E-state index contributed by atoms with van der Waals surface area (Å²) in [5.74, 6) is -1.86. The molecule has 0 aliphatic heterocycles. The van der Waals surface area contributed by atoms with Gasteiger partial charge in [0, 0.05) is 36.2 Å². The zero-order valence-corrected chi connectivity index (χ0v) is 32.5. The molecule has 0 saturated carbocycles. The zero-order valence-electron chi connectivity index (χ0n) is 31.5. The molecule has 1 unspecified atom stereocenters. The lowest BCUT2D eigenvalue weighted by Crippen LogP contribution is -2.67. The van der Waals surface area contributed by atoms with Crippen LogP contribution in [0.5, 0.6) is 0 Å². The minimum absolute atomic E-state index is 0.0632. The zero-order chi connectivity index (χ0) is 37.6. The van der Waals surface area contributed by atoms with E-state index in [4.69, 9.17) is 13.9 Å². The highest BCUT2D eigenvalue weighted by Crippen LogP contribution is 2.37. The van der Waals surface area contributed by atoms with E-state index in [-0.39, 0.29) is 48.5 Å². The Morgan fingerprint density at radius 2 is 1.14 bits per heavy atom. The Kier molecular flexibility index (Phi) is 12.4. The SMILES string of the molecule is CC(C)(C)OC(=O)NCC(CO[Si](c1ccccc1)(c1ccccc1)C(C)(C)C)C[C@H](CC1C(=O)c2ccccc2C1=O)NC(=O)OC(C)(C)C. The van der Waals surface area contributed by atoms with Crippen molar-refractivity contribution in [2.24, 2.45) is 11.8 Å². The summed E-state index contributed by atoms with van der Waals surface area (Å²) >= 11 is 0. The van der Waals surface area contributed by atoms with Crippen LogP contribution in [0.15, 0.2) is 84.9 Å². The molecular weight excluding hydrogens is 661 g/mol. The van der Waals surface area contributed by atoms with Gasteiger partial charge in [-0.3, -0.25) is 9.59 Å². The fourth-order valence-corrected chi connectivity index (χ4v) is 11.4. The number of rotatable bonds is 12. The molecule has 51 heavy (non-hydrogen) atoms. The third kappa shape index (κ3) is 10.2. The minimum Gasteiger partial charge on any atom is -0.444 e. The van der Waals surface area contributed by atoms with Crippen molar-refractivity contribution in [1.82, 2.24) is 10.6 Å². The van der Waals surface area contributed by atoms with Crippen molar-refractivity contribution in [1.29, 1.82) is 0 Å². The molecule has 0 heterocycles. The maximum Gasteiger partial charge on any atom is 0.407 e. The number of amides is 2. The minimum atomic E-state index is -2.99. The van der Waals surface area contributed by atoms with Crippen LogP contribution in [-0.2, 0) is 13.9 Å². The molecule has 0 aromatic heterocycles. The maximum atomic E-state index is 13.5. The van der Waals surface area contributed by atoms with Crippen LogP contribution in [0.3, 0.4) is 0 Å². The fourth-order valence-electron chi connectivity index (χ4n) is 6.75. The van der Waals surface area contributed by atoms with E-state index in [2.05, 4.69) is 55.7 Å². The Balaban J connectivity index is 1.71. The van der Waals surface area contributed by atoms with Gasteiger partial charge in [0.15, 0.2) is 11.6 Å². The van der Waals surface area contributed by atoms with Gasteiger partial charge in [0.25, 0.3) is 8.32 Å². The second-order valence-corrected chi connectivity index (χ2v) is 20.7. The van der Waals surface area contributed by atoms with Gasteiger partial charge in [0.2, 0.25) is 0 Å². The van der Waals surface area contributed by atoms with Gasteiger partial charge >= 0.3 is 12.2 Å². The third-order valence-corrected chi connectivity index (χ3v) is 13.8. The molecule has 2 atom stereocenters. The molecule has 1 aliphatic rings. The number of ketones is 2. The van der Waals surface area contributed by atoms with E-state index < -0.39 is 43.7 Å². The predicted molar refractivity (Wildman–Crippen MR) is 202 cm³/mol. The summed E-state index contributed by atoms with van der Waals surface area (Å²) in [7, 11) is -2.99. The Morgan fingerprint density at radius 1 is 0.686 bits per heavy atom. The van der Waals surface area contributed by atoms with E-state index in [0.717, 1.165) is 10.4 Å². The van der Waals surface area contributed by atoms with Gasteiger partial charge in [-0.05, 0) is 69.8 Å². The number of carbonyl (C=O) groups is 4. The van der Waals surface area contributed by atoms with Crippen molar-refractivity contribution in [2.75, 3.05) is 13.2 Å². The van der Waals surface area contributed by atoms with Gasteiger partial charge in [0.05, 0.1) is 5.92 Å². The molecule has 2 amide bonds. The van der Waals surface area contributed by atoms with Crippen molar-refractivity contribution < 1.29 is 33.1 Å². The first kappa shape index (κ1) is 39.5. The Labute approximate surface area is 304 Å². The molecule has 0 bridgehead atoms. The second-order valence-electron chi connectivity index (χ2n) is 16.4. The molecule has 0 fully saturated rings. The van der Waals surface area contributed by atoms with Crippen LogP contribution in [0.1, 0.15) is 95.9 Å². The van der Waals surface area contributed by atoms with Gasteiger partial charge < -0.3 is 24.5 Å². The van der Waals surface area contributed by atoms with Crippen LogP contribution in [0.25, 0.3) is 0 Å². The molecule has 3 aromatic carbocycles. The summed E-state index contributed by atoms with van der Waals surface area (Å²) in [6, 6.07) is 26.6. The highest BCUT2D eigenvalue weighted by molar-refractivity contribution is 6.99. The van der Waals surface area contributed by atoms with E-state index in [1.165, 1.54) is 0 Å². The third-order valence-electron chi connectivity index (χ3n) is 8.84. The lowest BCUT2D eigenvalue weighted by atomic mass is 9.89. The predicted octanol–water partition coefficient (Wildman–Crippen LogP) is 7.07. The largest absolute Gasteiger partial charge is 0.444 e. The number of benzene rings is 3. The quantitative estimate of drug-likeness (QED) is 0.152. The molecule has 274 valence electrons. The molecule has 0 saturated heterocycles. The van der Waals surface area contributed by atoms with Crippen LogP contribution in [0.2, 0.25) is 5.04 Å². The van der Waals surface area contributed by atoms with Gasteiger partial charge in [-0.25, -0.2) is 9.59 Å². The average Bonchev–Trinajstić information content (AvgIpc) is 3.27. The number of fused-ring (bicyclic) bond motifs is 1. The van der Waals surface area contributed by atoms with Crippen LogP contribution >= 0.6 is 0 Å². The topological polar surface area (TPSA) is 120 Å². The molecule has 0 spiro atoms. The number of hydrogen-bond donors (Lipinski definition) is 2. The molecule has 4 rings (SSSR count). The van der Waals surface area contributed by atoms with E-state index in [9.17, 15) is 19.2 Å². The molecule has 0 radical (unpaired) electrons. The van der Waals surface area contributed by atoms with Gasteiger partial charge in [-0.15, -0.1) is 0 Å². The number of ether oxygens (including phenoxy) is 2. The molecule has 2 N–H and O–H groups in total. The van der Waals surface area contributed by atoms with Crippen molar-refractivity contribution in [3.8, 4) is 0 Å². The summed E-state index contributed by atoms with van der Waals surface area (Å²) in [5.41, 5.74) is -0.693. The number of nitrogens with one attached hydrogen (secondary N) is 2. The summed E-state index contributed by atoms with van der Waals surface area (Å²) in [5, 5.41) is 7.78. The first-order valence-corrected chi connectivity index (χ1v) is 19.6.